The Balaban J connectivity index is 2.05. The topological polar surface area (TPSA) is 29.1 Å². The van der Waals surface area contributed by atoms with Crippen LogP contribution in [0.2, 0.25) is 0 Å². The molecule has 1 aliphatic heterocycles. The smallest absolute Gasteiger partial charge is 0.219 e. The van der Waals surface area contributed by atoms with E-state index in [1.54, 1.807) is 17.5 Å². The van der Waals surface area contributed by atoms with E-state index in [0.717, 1.165) is 10.6 Å². The van der Waals surface area contributed by atoms with E-state index in [2.05, 4.69) is 5.32 Å². The summed E-state index contributed by atoms with van der Waals surface area (Å²) < 4.78 is -1.50. The molecule has 3 rings (SSSR count). The van der Waals surface area contributed by atoms with Gasteiger partial charge in [-0.05, 0) is 12.1 Å². The monoisotopic (exact) mass is 371 g/mol. The number of benzene rings is 2. The number of rotatable bonds is 2. The van der Waals surface area contributed by atoms with Crippen LogP contribution in [0.15, 0.2) is 59.5 Å². The summed E-state index contributed by atoms with van der Waals surface area (Å²) in [4.78, 5) is 13.5. The Morgan fingerprint density at radius 2 is 1.68 bits per heavy atom. The Morgan fingerprint density at radius 1 is 1.05 bits per heavy atom. The van der Waals surface area contributed by atoms with Gasteiger partial charge in [-0.3, -0.25) is 4.79 Å². The van der Waals surface area contributed by atoms with E-state index in [-0.39, 0.29) is 5.78 Å². The molecule has 2 nitrogen and oxygen atoms in total. The average molecular weight is 373 g/mol. The summed E-state index contributed by atoms with van der Waals surface area (Å²) in [7, 11) is -0.622. The zero-order valence-corrected chi connectivity index (χ0v) is 14.4. The molecule has 2 aromatic rings. The molecule has 2 unspecified atom stereocenters. The van der Waals surface area contributed by atoms with Gasteiger partial charge in [0.1, 0.15) is 5.37 Å². The number of alkyl halides is 3. The molecule has 0 saturated heterocycles. The summed E-state index contributed by atoms with van der Waals surface area (Å²) in [5, 5.41) is 4.41. The maximum atomic E-state index is 12.5. The summed E-state index contributed by atoms with van der Waals surface area (Å²) in [6.45, 7) is 0. The van der Waals surface area contributed by atoms with E-state index in [4.69, 9.17) is 34.8 Å². The van der Waals surface area contributed by atoms with Crippen molar-refractivity contribution in [1.29, 1.82) is 0 Å². The molecule has 0 aromatic heterocycles. The van der Waals surface area contributed by atoms with Gasteiger partial charge in [-0.25, -0.2) is 0 Å². The molecule has 1 N–H and O–H groups in total. The largest absolute Gasteiger partial charge is 0.369 e. The fraction of sp³-hybridized carbons (Fsp3) is 0.125. The Labute approximate surface area is 146 Å². The summed E-state index contributed by atoms with van der Waals surface area (Å²) in [6.07, 6.45) is 0. The standard InChI is InChI=1S/C16H12Cl3NOS/c17-16(18,19)15-20-12-8-4-5-9-14(12)22(15)10-13(21)11-6-2-1-3-7-11/h1-10,15,20H. The third kappa shape index (κ3) is 3.18. The summed E-state index contributed by atoms with van der Waals surface area (Å²) in [6, 6.07) is 16.8. The molecule has 0 radical (unpaired) electrons. The molecule has 1 aliphatic rings. The first-order valence-electron chi connectivity index (χ1n) is 6.55. The van der Waals surface area contributed by atoms with Crippen LogP contribution in [0.4, 0.5) is 5.69 Å². The number of anilines is 1. The lowest BCUT2D eigenvalue weighted by molar-refractivity contribution is 0.107. The van der Waals surface area contributed by atoms with Crippen LogP contribution in [0.3, 0.4) is 0 Å². The lowest BCUT2D eigenvalue weighted by Crippen LogP contribution is -2.29. The van der Waals surface area contributed by atoms with Crippen LogP contribution in [0.25, 0.3) is 0 Å². The lowest BCUT2D eigenvalue weighted by atomic mass is 10.2. The maximum absolute atomic E-state index is 12.5. The van der Waals surface area contributed by atoms with Gasteiger partial charge in [-0.1, -0.05) is 77.3 Å². The van der Waals surface area contributed by atoms with E-state index < -0.39 is 19.7 Å². The predicted molar refractivity (Wildman–Crippen MR) is 96.8 cm³/mol. The van der Waals surface area contributed by atoms with Gasteiger partial charge in [0.2, 0.25) is 3.79 Å². The van der Waals surface area contributed by atoms with Crippen molar-refractivity contribution in [2.75, 3.05) is 5.32 Å². The molecular formula is C16H12Cl3NOS. The molecule has 2 aromatic carbocycles. The van der Waals surface area contributed by atoms with Crippen LogP contribution in [0.5, 0.6) is 0 Å². The molecular weight excluding hydrogens is 361 g/mol. The van der Waals surface area contributed by atoms with Crippen molar-refractivity contribution in [1.82, 2.24) is 0 Å². The summed E-state index contributed by atoms with van der Waals surface area (Å²) in [5.74, 6) is -0.0679. The quantitative estimate of drug-likeness (QED) is 0.450. The maximum Gasteiger partial charge on any atom is 0.219 e. The molecule has 0 amide bonds. The number of hydrogen-bond acceptors (Lipinski definition) is 2. The fourth-order valence-corrected chi connectivity index (χ4v) is 5.34. The second-order valence-corrected chi connectivity index (χ2v) is 9.04. The number of fused-ring (bicyclic) bond motifs is 1. The highest BCUT2D eigenvalue weighted by Gasteiger charge is 2.40. The molecule has 0 aliphatic carbocycles. The molecule has 114 valence electrons. The molecule has 1 heterocycles. The predicted octanol–water partition coefficient (Wildman–Crippen LogP) is 5.12. The van der Waals surface area contributed by atoms with E-state index >= 15 is 0 Å². The SMILES string of the molecule is O=C(C=S1c2ccccc2NC1C(Cl)(Cl)Cl)c1ccccc1. The first-order chi connectivity index (χ1) is 10.5. The Kier molecular flexibility index (Phi) is 4.51. The minimum absolute atomic E-state index is 0.0679. The third-order valence-electron chi connectivity index (χ3n) is 3.27. The minimum atomic E-state index is -1.50. The lowest BCUT2D eigenvalue weighted by Gasteiger charge is -2.22. The van der Waals surface area contributed by atoms with Crippen molar-refractivity contribution >= 4 is 62.1 Å². The molecule has 6 heteroatoms. The number of ketones is 1. The van der Waals surface area contributed by atoms with Crippen LogP contribution < -0.4 is 5.32 Å². The number of carbonyl (C=O) groups is 1. The second kappa shape index (κ2) is 6.25. The van der Waals surface area contributed by atoms with Crippen LogP contribution >= 0.6 is 45.3 Å². The Morgan fingerprint density at radius 3 is 2.36 bits per heavy atom. The van der Waals surface area contributed by atoms with Crippen molar-refractivity contribution in [3.05, 3.63) is 60.2 Å². The zero-order chi connectivity index (χ0) is 15.7. The molecule has 0 fully saturated rings. The number of Topliss-reactive ketones (excluding diaryl/α,β-unsaturated/α-hetero) is 1. The van der Waals surface area contributed by atoms with Gasteiger partial charge in [0.25, 0.3) is 0 Å². The van der Waals surface area contributed by atoms with Gasteiger partial charge in [0.15, 0.2) is 5.78 Å². The van der Waals surface area contributed by atoms with Gasteiger partial charge in [-0.15, -0.1) is 10.5 Å². The van der Waals surface area contributed by atoms with Crippen LogP contribution in [-0.4, -0.2) is 20.3 Å². The van der Waals surface area contributed by atoms with Crippen molar-refractivity contribution < 1.29 is 4.79 Å². The first-order valence-corrected chi connectivity index (χ1v) is 9.04. The Bertz CT molecular complexity index is 741. The number of nitrogens with one attached hydrogen (secondary N) is 1. The van der Waals surface area contributed by atoms with Gasteiger partial charge in [0, 0.05) is 21.5 Å². The van der Waals surface area contributed by atoms with Crippen molar-refractivity contribution in [3.8, 4) is 0 Å². The minimum Gasteiger partial charge on any atom is -0.369 e. The number of hydrogen-bond donors (Lipinski definition) is 1. The molecule has 0 bridgehead atoms. The van der Waals surface area contributed by atoms with Gasteiger partial charge >= 0.3 is 0 Å². The van der Waals surface area contributed by atoms with Crippen LogP contribution in [-0.2, 0) is 0 Å². The van der Waals surface area contributed by atoms with Crippen LogP contribution in [0.1, 0.15) is 10.4 Å². The van der Waals surface area contributed by atoms with E-state index in [9.17, 15) is 4.79 Å². The highest BCUT2D eigenvalue weighted by Crippen LogP contribution is 2.52. The molecule has 2 atom stereocenters. The number of halogens is 3. The molecule has 22 heavy (non-hydrogen) atoms. The van der Waals surface area contributed by atoms with E-state index in [1.165, 1.54) is 0 Å². The molecule has 0 saturated carbocycles. The van der Waals surface area contributed by atoms with Gasteiger partial charge in [-0.2, -0.15) is 0 Å². The zero-order valence-electron chi connectivity index (χ0n) is 11.3. The van der Waals surface area contributed by atoms with E-state index in [0.29, 0.717) is 5.56 Å². The number of para-hydroxylation sites is 1. The van der Waals surface area contributed by atoms with Crippen molar-refractivity contribution in [3.63, 3.8) is 0 Å². The average Bonchev–Trinajstić information content (AvgIpc) is 2.87. The normalized spacial score (nSPS) is 20.5. The highest BCUT2D eigenvalue weighted by atomic mass is 35.6. The summed E-state index contributed by atoms with van der Waals surface area (Å²) >= 11 is 18.3. The fourth-order valence-electron chi connectivity index (χ4n) is 2.27. The summed E-state index contributed by atoms with van der Waals surface area (Å²) in [5.41, 5.74) is 1.53. The van der Waals surface area contributed by atoms with Crippen molar-refractivity contribution in [2.24, 2.45) is 0 Å². The van der Waals surface area contributed by atoms with Crippen molar-refractivity contribution in [2.45, 2.75) is 14.1 Å². The first kappa shape index (κ1) is 15.9. The van der Waals surface area contributed by atoms with Crippen LogP contribution in [0, 0.1) is 0 Å². The third-order valence-corrected chi connectivity index (χ3v) is 6.63. The number of carbonyl (C=O) groups excluding carboxylic acids is 1. The van der Waals surface area contributed by atoms with Gasteiger partial charge < -0.3 is 5.32 Å². The van der Waals surface area contributed by atoms with Gasteiger partial charge in [0.05, 0.1) is 0 Å². The van der Waals surface area contributed by atoms with E-state index in [1.807, 2.05) is 42.5 Å². The Hall–Kier alpha value is -1.00. The molecule has 0 spiro atoms. The second-order valence-electron chi connectivity index (χ2n) is 4.78. The highest BCUT2D eigenvalue weighted by molar-refractivity contribution is 8.17.